The van der Waals surface area contributed by atoms with Gasteiger partial charge in [-0.05, 0) is 24.6 Å². The first-order valence-corrected chi connectivity index (χ1v) is 5.39. The number of ether oxygens (including phenoxy) is 2. The van der Waals surface area contributed by atoms with Gasteiger partial charge in [-0.3, -0.25) is 0 Å². The molecular formula is C12H16ClNO2. The van der Waals surface area contributed by atoms with E-state index in [1.807, 2.05) is 18.2 Å². The predicted octanol–water partition coefficient (Wildman–Crippen LogP) is 2.33. The van der Waals surface area contributed by atoms with Crippen molar-refractivity contribution in [2.75, 3.05) is 20.3 Å². The highest BCUT2D eigenvalue weighted by molar-refractivity contribution is 6.29. The molecule has 88 valence electrons. The van der Waals surface area contributed by atoms with Gasteiger partial charge in [0.05, 0.1) is 7.11 Å². The number of benzene rings is 1. The third-order valence-corrected chi connectivity index (χ3v) is 2.18. The van der Waals surface area contributed by atoms with Crippen LogP contribution in [0.5, 0.6) is 11.5 Å². The lowest BCUT2D eigenvalue weighted by Gasteiger charge is -2.14. The number of halogens is 1. The molecule has 0 aromatic heterocycles. The van der Waals surface area contributed by atoms with E-state index >= 15 is 0 Å². The summed E-state index contributed by atoms with van der Waals surface area (Å²) in [5.74, 6) is 1.38. The van der Waals surface area contributed by atoms with Gasteiger partial charge in [0, 0.05) is 5.03 Å². The van der Waals surface area contributed by atoms with Crippen LogP contribution in [0, 0.1) is 0 Å². The maximum atomic E-state index is 5.67. The van der Waals surface area contributed by atoms with Crippen LogP contribution in [0.3, 0.4) is 0 Å². The molecule has 0 heterocycles. The van der Waals surface area contributed by atoms with E-state index < -0.39 is 0 Å². The van der Waals surface area contributed by atoms with E-state index in [0.717, 1.165) is 12.0 Å². The van der Waals surface area contributed by atoms with E-state index in [-0.39, 0.29) is 6.61 Å². The highest BCUT2D eigenvalue weighted by atomic mass is 35.5. The zero-order valence-electron chi connectivity index (χ0n) is 9.33. The van der Waals surface area contributed by atoms with Crippen LogP contribution in [0.25, 0.3) is 0 Å². The molecule has 0 fully saturated rings. The van der Waals surface area contributed by atoms with Crippen molar-refractivity contribution in [2.45, 2.75) is 6.42 Å². The lowest BCUT2D eigenvalue weighted by molar-refractivity contribution is 0.321. The standard InChI is InChI=1S/C12H16ClNO2/c1-9(13)8-16-12-10(6-7-14)4-3-5-11(12)15-2/h3-5H,1,6-8,14H2,2H3. The molecule has 0 unspecified atom stereocenters. The molecule has 0 spiro atoms. The lowest BCUT2D eigenvalue weighted by Crippen LogP contribution is -2.07. The molecule has 4 heteroatoms. The van der Waals surface area contributed by atoms with Gasteiger partial charge >= 0.3 is 0 Å². The fourth-order valence-corrected chi connectivity index (χ4v) is 1.44. The zero-order valence-corrected chi connectivity index (χ0v) is 10.1. The van der Waals surface area contributed by atoms with Crippen LogP contribution in [0.15, 0.2) is 29.8 Å². The summed E-state index contributed by atoms with van der Waals surface area (Å²) in [6.07, 6.45) is 0.737. The van der Waals surface area contributed by atoms with Gasteiger partial charge in [0.2, 0.25) is 0 Å². The number of rotatable bonds is 6. The summed E-state index contributed by atoms with van der Waals surface area (Å²) in [7, 11) is 1.60. The van der Waals surface area contributed by atoms with Crippen LogP contribution in [-0.2, 0) is 6.42 Å². The van der Waals surface area contributed by atoms with Gasteiger partial charge < -0.3 is 15.2 Å². The maximum Gasteiger partial charge on any atom is 0.164 e. The molecule has 0 aliphatic rings. The van der Waals surface area contributed by atoms with Crippen LogP contribution in [0.2, 0.25) is 0 Å². The largest absolute Gasteiger partial charge is 0.493 e. The molecule has 0 atom stereocenters. The van der Waals surface area contributed by atoms with Crippen LogP contribution in [-0.4, -0.2) is 20.3 Å². The minimum atomic E-state index is 0.263. The minimum Gasteiger partial charge on any atom is -0.493 e. The average molecular weight is 242 g/mol. The number of para-hydroxylation sites is 1. The number of methoxy groups -OCH3 is 1. The Balaban J connectivity index is 2.94. The Hall–Kier alpha value is -1.19. The smallest absolute Gasteiger partial charge is 0.164 e. The first-order valence-electron chi connectivity index (χ1n) is 5.01. The van der Waals surface area contributed by atoms with Crippen LogP contribution >= 0.6 is 11.6 Å². The Morgan fingerprint density at radius 1 is 1.50 bits per heavy atom. The SMILES string of the molecule is C=C(Cl)COc1c(CCN)cccc1OC. The fraction of sp³-hybridized carbons (Fsp3) is 0.333. The number of hydrogen-bond donors (Lipinski definition) is 1. The van der Waals surface area contributed by atoms with Crippen LogP contribution in [0.4, 0.5) is 0 Å². The molecule has 0 saturated carbocycles. The summed E-state index contributed by atoms with van der Waals surface area (Å²) in [5, 5.41) is 0.449. The van der Waals surface area contributed by atoms with Gasteiger partial charge in [0.25, 0.3) is 0 Å². The van der Waals surface area contributed by atoms with E-state index in [9.17, 15) is 0 Å². The summed E-state index contributed by atoms with van der Waals surface area (Å²) in [5.41, 5.74) is 6.55. The van der Waals surface area contributed by atoms with Crippen LogP contribution in [0.1, 0.15) is 5.56 Å². The molecule has 0 radical (unpaired) electrons. The summed E-state index contributed by atoms with van der Waals surface area (Å²) in [6, 6.07) is 5.71. The highest BCUT2D eigenvalue weighted by Gasteiger charge is 2.09. The van der Waals surface area contributed by atoms with Crippen LogP contribution < -0.4 is 15.2 Å². The summed E-state index contributed by atoms with van der Waals surface area (Å²) < 4.78 is 10.8. The number of nitrogens with two attached hydrogens (primary N) is 1. The third-order valence-electron chi connectivity index (χ3n) is 2.07. The van der Waals surface area contributed by atoms with Crippen molar-refractivity contribution in [3.8, 4) is 11.5 Å². The van der Waals surface area contributed by atoms with Gasteiger partial charge in [-0.15, -0.1) is 0 Å². The van der Waals surface area contributed by atoms with Crippen molar-refractivity contribution in [1.29, 1.82) is 0 Å². The van der Waals surface area contributed by atoms with E-state index in [2.05, 4.69) is 6.58 Å². The first-order chi connectivity index (χ1) is 7.69. The Labute approximate surface area is 101 Å². The van der Waals surface area contributed by atoms with Crippen molar-refractivity contribution in [3.05, 3.63) is 35.4 Å². The Morgan fingerprint density at radius 3 is 2.81 bits per heavy atom. The van der Waals surface area contributed by atoms with Gasteiger partial charge in [0.15, 0.2) is 11.5 Å². The van der Waals surface area contributed by atoms with Gasteiger partial charge in [0.1, 0.15) is 6.61 Å². The second kappa shape index (κ2) is 6.40. The highest BCUT2D eigenvalue weighted by Crippen LogP contribution is 2.31. The predicted molar refractivity (Wildman–Crippen MR) is 66.2 cm³/mol. The van der Waals surface area contributed by atoms with Crippen molar-refractivity contribution < 1.29 is 9.47 Å². The molecule has 1 aromatic rings. The third kappa shape index (κ3) is 3.43. The van der Waals surface area contributed by atoms with E-state index in [4.69, 9.17) is 26.8 Å². The fourth-order valence-electron chi connectivity index (χ4n) is 1.39. The van der Waals surface area contributed by atoms with Crippen molar-refractivity contribution >= 4 is 11.6 Å². The first kappa shape index (κ1) is 12.9. The second-order valence-electron chi connectivity index (χ2n) is 3.29. The lowest BCUT2D eigenvalue weighted by atomic mass is 10.1. The average Bonchev–Trinajstić information content (AvgIpc) is 2.27. The molecule has 0 bridgehead atoms. The van der Waals surface area contributed by atoms with E-state index in [1.165, 1.54) is 0 Å². The van der Waals surface area contributed by atoms with E-state index in [0.29, 0.717) is 23.1 Å². The Kier molecular flexibility index (Phi) is 5.15. The summed E-state index contributed by atoms with van der Waals surface area (Å²) in [4.78, 5) is 0. The van der Waals surface area contributed by atoms with Gasteiger partial charge in [-0.2, -0.15) is 0 Å². The molecule has 2 N–H and O–H groups in total. The van der Waals surface area contributed by atoms with Gasteiger partial charge in [-0.25, -0.2) is 0 Å². The molecule has 3 nitrogen and oxygen atoms in total. The van der Waals surface area contributed by atoms with E-state index in [1.54, 1.807) is 7.11 Å². The Bertz CT molecular complexity index is 366. The molecule has 0 amide bonds. The van der Waals surface area contributed by atoms with Crippen molar-refractivity contribution in [3.63, 3.8) is 0 Å². The summed E-state index contributed by atoms with van der Waals surface area (Å²) >= 11 is 5.67. The van der Waals surface area contributed by atoms with Crippen molar-refractivity contribution in [2.24, 2.45) is 5.73 Å². The summed E-state index contributed by atoms with van der Waals surface area (Å²) in [6.45, 7) is 4.40. The molecule has 1 rings (SSSR count). The molecular weight excluding hydrogens is 226 g/mol. The van der Waals surface area contributed by atoms with Gasteiger partial charge in [-0.1, -0.05) is 30.3 Å². The maximum absolute atomic E-state index is 5.67. The molecule has 0 aliphatic heterocycles. The monoisotopic (exact) mass is 241 g/mol. The molecule has 16 heavy (non-hydrogen) atoms. The Morgan fingerprint density at radius 2 is 2.25 bits per heavy atom. The topological polar surface area (TPSA) is 44.5 Å². The quantitative estimate of drug-likeness (QED) is 0.832. The second-order valence-corrected chi connectivity index (χ2v) is 3.83. The normalized spacial score (nSPS) is 9.94. The zero-order chi connectivity index (χ0) is 12.0. The van der Waals surface area contributed by atoms with Crippen molar-refractivity contribution in [1.82, 2.24) is 0 Å². The number of hydrogen-bond acceptors (Lipinski definition) is 3. The molecule has 0 saturated heterocycles. The molecule has 1 aromatic carbocycles. The minimum absolute atomic E-state index is 0.263. The molecule has 0 aliphatic carbocycles.